The highest BCUT2D eigenvalue weighted by Gasteiger charge is 2.38. The van der Waals surface area contributed by atoms with Crippen molar-refractivity contribution in [2.24, 2.45) is 0 Å². The lowest BCUT2D eigenvalue weighted by Crippen LogP contribution is -2.41. The normalized spacial score (nSPS) is 15.0. The number of imide groups is 2. The number of carbonyl (C=O) groups excluding carboxylic acids is 4. The molecule has 4 amide bonds. The van der Waals surface area contributed by atoms with Gasteiger partial charge in [0.15, 0.2) is 0 Å². The van der Waals surface area contributed by atoms with E-state index in [4.69, 9.17) is 4.74 Å². The van der Waals surface area contributed by atoms with Crippen LogP contribution < -0.4 is 9.64 Å². The summed E-state index contributed by atoms with van der Waals surface area (Å²) in [7, 11) is 1.44. The van der Waals surface area contributed by atoms with Gasteiger partial charge in [-0.05, 0) is 42.6 Å². The molecule has 0 saturated heterocycles. The van der Waals surface area contributed by atoms with Gasteiger partial charge in [-0.1, -0.05) is 30.3 Å². The molecule has 0 spiro atoms. The third kappa shape index (κ3) is 2.46. The fraction of sp³-hybridized carbons (Fsp3) is 0.111. The van der Waals surface area contributed by atoms with Gasteiger partial charge in [0, 0.05) is 39.9 Å². The summed E-state index contributed by atoms with van der Waals surface area (Å²) >= 11 is 0. The second kappa shape index (κ2) is 6.99. The fourth-order valence-electron chi connectivity index (χ4n) is 4.97. The number of rotatable bonds is 3. The van der Waals surface area contributed by atoms with Crippen molar-refractivity contribution in [2.45, 2.75) is 6.92 Å². The van der Waals surface area contributed by atoms with Gasteiger partial charge in [-0.3, -0.25) is 24.1 Å². The van der Waals surface area contributed by atoms with Crippen molar-refractivity contribution >= 4 is 50.9 Å². The number of hydrogen-bond acceptors (Lipinski definition) is 5. The topological polar surface area (TPSA) is 84.0 Å². The molecule has 0 aromatic heterocycles. The van der Waals surface area contributed by atoms with Crippen LogP contribution in [0.4, 0.5) is 5.69 Å². The molecule has 0 atom stereocenters. The lowest BCUT2D eigenvalue weighted by molar-refractivity contribution is 0.0650. The first-order chi connectivity index (χ1) is 16.4. The van der Waals surface area contributed by atoms with Crippen LogP contribution in [0.15, 0.2) is 60.7 Å². The van der Waals surface area contributed by atoms with Crippen LogP contribution in [0.3, 0.4) is 0 Å². The largest absolute Gasteiger partial charge is 0.493 e. The van der Waals surface area contributed by atoms with Crippen LogP contribution in [0, 0.1) is 0 Å². The predicted molar refractivity (Wildman–Crippen MR) is 127 cm³/mol. The Bertz CT molecular complexity index is 1600. The highest BCUT2D eigenvalue weighted by molar-refractivity contribution is 6.38. The molecule has 0 saturated carbocycles. The van der Waals surface area contributed by atoms with Crippen LogP contribution in [0.2, 0.25) is 0 Å². The van der Waals surface area contributed by atoms with E-state index in [-0.39, 0.29) is 0 Å². The molecule has 2 aliphatic heterocycles. The summed E-state index contributed by atoms with van der Waals surface area (Å²) in [5.74, 6) is -1.43. The lowest BCUT2D eigenvalue weighted by atomic mass is 9.90. The molecule has 0 N–H and O–H groups in total. The highest BCUT2D eigenvalue weighted by Crippen LogP contribution is 2.41. The fourth-order valence-corrected chi connectivity index (χ4v) is 4.97. The molecule has 0 aliphatic carbocycles. The second-order valence-electron chi connectivity index (χ2n) is 8.25. The van der Waals surface area contributed by atoms with E-state index in [9.17, 15) is 19.2 Å². The van der Waals surface area contributed by atoms with Gasteiger partial charge in [-0.25, -0.2) is 4.90 Å². The molecule has 2 aliphatic rings. The Labute approximate surface area is 194 Å². The van der Waals surface area contributed by atoms with Crippen LogP contribution in [0.25, 0.3) is 21.5 Å². The maximum Gasteiger partial charge on any atom is 0.269 e. The van der Waals surface area contributed by atoms with Crippen molar-refractivity contribution in [3.05, 3.63) is 82.9 Å². The molecule has 0 radical (unpaired) electrons. The molecule has 0 unspecified atom stereocenters. The molecule has 7 nitrogen and oxygen atoms in total. The molecule has 166 valence electrons. The quantitative estimate of drug-likeness (QED) is 0.432. The smallest absolute Gasteiger partial charge is 0.269 e. The highest BCUT2D eigenvalue weighted by atomic mass is 16.5. The summed E-state index contributed by atoms with van der Waals surface area (Å²) in [6.07, 6.45) is 0. The Morgan fingerprint density at radius 2 is 1.38 bits per heavy atom. The zero-order chi connectivity index (χ0) is 23.7. The molecule has 4 aromatic rings. The summed E-state index contributed by atoms with van der Waals surface area (Å²) in [5.41, 5.74) is 1.73. The molecule has 34 heavy (non-hydrogen) atoms. The molecule has 7 heteroatoms. The second-order valence-corrected chi connectivity index (χ2v) is 8.25. The van der Waals surface area contributed by atoms with Gasteiger partial charge >= 0.3 is 0 Å². The predicted octanol–water partition coefficient (Wildman–Crippen LogP) is 4.42. The van der Waals surface area contributed by atoms with E-state index in [1.807, 2.05) is 19.1 Å². The van der Waals surface area contributed by atoms with Gasteiger partial charge in [0.1, 0.15) is 5.75 Å². The molecule has 6 rings (SSSR count). The first kappa shape index (κ1) is 20.1. The van der Waals surface area contributed by atoms with Crippen molar-refractivity contribution in [1.29, 1.82) is 0 Å². The molecule has 2 heterocycles. The van der Waals surface area contributed by atoms with Crippen LogP contribution in [-0.2, 0) is 0 Å². The SMILES string of the molecule is CCOc1ccc2cccc3c2c1C(=O)N(c1ccc2c4c(cccc14)C(=O)N(C)C2=O)C3=O. The lowest BCUT2D eigenvalue weighted by Gasteiger charge is -2.30. The summed E-state index contributed by atoms with van der Waals surface area (Å²) in [4.78, 5) is 55.3. The zero-order valence-corrected chi connectivity index (χ0v) is 18.4. The van der Waals surface area contributed by atoms with Crippen molar-refractivity contribution in [2.75, 3.05) is 18.6 Å². The van der Waals surface area contributed by atoms with E-state index in [0.29, 0.717) is 56.5 Å². The van der Waals surface area contributed by atoms with Gasteiger partial charge in [0.2, 0.25) is 0 Å². The van der Waals surface area contributed by atoms with Crippen LogP contribution in [-0.4, -0.2) is 42.2 Å². The summed E-state index contributed by atoms with van der Waals surface area (Å²) in [6, 6.07) is 17.1. The van der Waals surface area contributed by atoms with Crippen molar-refractivity contribution in [3.8, 4) is 5.75 Å². The maximum absolute atomic E-state index is 13.9. The van der Waals surface area contributed by atoms with E-state index >= 15 is 0 Å². The Morgan fingerprint density at radius 3 is 2.12 bits per heavy atom. The van der Waals surface area contributed by atoms with E-state index in [0.717, 1.165) is 15.2 Å². The number of anilines is 1. The number of amides is 4. The van der Waals surface area contributed by atoms with Crippen molar-refractivity contribution in [3.63, 3.8) is 0 Å². The summed E-state index contributed by atoms with van der Waals surface area (Å²) in [6.45, 7) is 2.19. The first-order valence-corrected chi connectivity index (χ1v) is 10.9. The van der Waals surface area contributed by atoms with Crippen molar-refractivity contribution < 1.29 is 23.9 Å². The monoisotopic (exact) mass is 450 g/mol. The Morgan fingerprint density at radius 1 is 0.706 bits per heavy atom. The number of carbonyl (C=O) groups is 4. The van der Waals surface area contributed by atoms with Gasteiger partial charge in [-0.2, -0.15) is 0 Å². The van der Waals surface area contributed by atoms with Gasteiger partial charge in [0.05, 0.1) is 17.9 Å². The van der Waals surface area contributed by atoms with Crippen LogP contribution >= 0.6 is 0 Å². The average Bonchev–Trinajstić information content (AvgIpc) is 2.85. The zero-order valence-electron chi connectivity index (χ0n) is 18.4. The summed E-state index contributed by atoms with van der Waals surface area (Å²) < 4.78 is 5.75. The van der Waals surface area contributed by atoms with Crippen molar-refractivity contribution in [1.82, 2.24) is 4.90 Å². The minimum absolute atomic E-state index is 0.315. The van der Waals surface area contributed by atoms with E-state index in [1.165, 1.54) is 7.05 Å². The van der Waals surface area contributed by atoms with E-state index in [2.05, 4.69) is 0 Å². The Hall–Kier alpha value is -4.52. The van der Waals surface area contributed by atoms with Crippen LogP contribution in [0.5, 0.6) is 5.75 Å². The van der Waals surface area contributed by atoms with Gasteiger partial charge < -0.3 is 4.74 Å². The molecule has 4 aromatic carbocycles. The van der Waals surface area contributed by atoms with E-state index in [1.54, 1.807) is 48.5 Å². The molecule has 0 fully saturated rings. The third-order valence-electron chi connectivity index (χ3n) is 6.49. The van der Waals surface area contributed by atoms with Gasteiger partial charge in [0.25, 0.3) is 23.6 Å². The number of nitrogens with zero attached hydrogens (tertiary/aromatic N) is 2. The number of ether oxygens (including phenoxy) is 1. The number of hydrogen-bond donors (Lipinski definition) is 0. The van der Waals surface area contributed by atoms with Gasteiger partial charge in [-0.15, -0.1) is 0 Å². The minimum Gasteiger partial charge on any atom is -0.493 e. The Kier molecular flexibility index (Phi) is 4.13. The standard InChI is InChI=1S/C27H18N2O5/c1-3-34-20-13-10-14-6-4-8-16-21(14)23(20)27(33)29(26(16)32)19-12-11-18-22-15(19)7-5-9-17(22)24(30)28(2)25(18)31/h4-13H,3H2,1-2H3. The minimum atomic E-state index is -0.510. The first-order valence-electron chi connectivity index (χ1n) is 10.9. The third-order valence-corrected chi connectivity index (χ3v) is 6.49. The number of benzene rings is 4. The average molecular weight is 450 g/mol. The maximum atomic E-state index is 13.9. The molecular weight excluding hydrogens is 432 g/mol. The Balaban J connectivity index is 1.64. The van der Waals surface area contributed by atoms with Crippen LogP contribution in [0.1, 0.15) is 48.4 Å². The molecular formula is C27H18N2O5. The summed E-state index contributed by atoms with van der Waals surface area (Å²) in [5, 5.41) is 2.26. The van der Waals surface area contributed by atoms with E-state index < -0.39 is 23.6 Å². The molecule has 0 bridgehead atoms.